The lowest BCUT2D eigenvalue weighted by molar-refractivity contribution is -0.145. The summed E-state index contributed by atoms with van der Waals surface area (Å²) in [6.45, 7) is 10.2. The van der Waals surface area contributed by atoms with E-state index in [0.717, 1.165) is 50.0 Å². The standard InChI is InChI=1S/C32H48N6O5S/c1-30(2,3)25(36-29(43)37-32(11-7-6-8-12-32)16-21-34-13-14-44-21)28(42)38-17-19-22(31(19,4)5)23(38)27(41)35-20(15-18-9-10-18)24(39)26(33)40/h13-14,18-20,22-23,25H,6-12,15-17H2,1-5H3,(H2,33,40)(H,35,41)(H2,36,37,43)/t19-,20?,22?,23-,25+/m0/s1. The van der Waals surface area contributed by atoms with Gasteiger partial charge in [0.1, 0.15) is 12.1 Å². The van der Waals surface area contributed by atoms with Crippen LogP contribution < -0.4 is 21.7 Å². The zero-order valence-electron chi connectivity index (χ0n) is 26.6. The Kier molecular flexibility index (Phi) is 8.87. The Morgan fingerprint density at radius 2 is 1.77 bits per heavy atom. The van der Waals surface area contributed by atoms with E-state index in [1.807, 2.05) is 26.2 Å². The van der Waals surface area contributed by atoms with Gasteiger partial charge in [0.2, 0.25) is 17.6 Å². The third-order valence-corrected chi connectivity index (χ3v) is 11.2. The molecule has 4 fully saturated rings. The van der Waals surface area contributed by atoms with Crippen molar-refractivity contribution in [2.75, 3.05) is 6.54 Å². The number of carbonyl (C=O) groups is 5. The number of amides is 5. The molecule has 5 atom stereocenters. The van der Waals surface area contributed by atoms with Crippen molar-refractivity contribution in [2.45, 2.75) is 116 Å². The molecule has 5 N–H and O–H groups in total. The molecule has 3 aliphatic carbocycles. The topological polar surface area (TPSA) is 164 Å². The molecule has 1 aliphatic heterocycles. The van der Waals surface area contributed by atoms with Crippen LogP contribution >= 0.6 is 11.3 Å². The molecular weight excluding hydrogens is 580 g/mol. The molecule has 3 saturated carbocycles. The van der Waals surface area contributed by atoms with Gasteiger partial charge in [-0.3, -0.25) is 19.2 Å². The van der Waals surface area contributed by atoms with Gasteiger partial charge < -0.3 is 26.6 Å². The maximum Gasteiger partial charge on any atom is 0.315 e. The molecule has 2 heterocycles. The average molecular weight is 629 g/mol. The number of nitrogens with two attached hydrogens (primary N) is 1. The second kappa shape index (κ2) is 12.1. The maximum absolute atomic E-state index is 14.3. The Hall–Kier alpha value is -3.02. The van der Waals surface area contributed by atoms with Gasteiger partial charge in [0.05, 0.1) is 11.0 Å². The average Bonchev–Trinajstić information content (AvgIpc) is 3.66. The summed E-state index contributed by atoms with van der Waals surface area (Å²) < 4.78 is 0. The van der Waals surface area contributed by atoms with E-state index in [9.17, 15) is 24.0 Å². The first-order chi connectivity index (χ1) is 20.6. The lowest BCUT2D eigenvalue weighted by atomic mass is 9.79. The van der Waals surface area contributed by atoms with Crippen LogP contribution in [0.1, 0.15) is 91.0 Å². The summed E-state index contributed by atoms with van der Waals surface area (Å²) in [6.07, 6.45) is 9.48. The Bertz CT molecular complexity index is 1280. The zero-order valence-corrected chi connectivity index (χ0v) is 27.4. The summed E-state index contributed by atoms with van der Waals surface area (Å²) in [6, 6.07) is -3.11. The number of hydrogen-bond donors (Lipinski definition) is 4. The minimum Gasteiger partial charge on any atom is -0.363 e. The predicted molar refractivity (Wildman–Crippen MR) is 166 cm³/mol. The first-order valence-corrected chi connectivity index (χ1v) is 16.9. The number of carbonyl (C=O) groups excluding carboxylic acids is 5. The van der Waals surface area contributed by atoms with Gasteiger partial charge in [-0.1, -0.05) is 66.7 Å². The summed E-state index contributed by atoms with van der Waals surface area (Å²) in [5, 5.41) is 11.9. The van der Waals surface area contributed by atoms with Crippen LogP contribution in [-0.2, 0) is 25.6 Å². The summed E-state index contributed by atoms with van der Waals surface area (Å²) in [5.41, 5.74) is 4.08. The minimum absolute atomic E-state index is 0.0880. The number of rotatable bonds is 11. The number of piperidine rings is 1. The van der Waals surface area contributed by atoms with Gasteiger partial charge in [-0.2, -0.15) is 0 Å². The number of thiazole rings is 1. The van der Waals surface area contributed by atoms with Crippen molar-refractivity contribution in [1.29, 1.82) is 0 Å². The largest absolute Gasteiger partial charge is 0.363 e. The van der Waals surface area contributed by atoms with Crippen molar-refractivity contribution in [2.24, 2.45) is 34.3 Å². The number of primary amides is 1. The molecule has 242 valence electrons. The third kappa shape index (κ3) is 6.79. The van der Waals surface area contributed by atoms with Gasteiger partial charge in [-0.15, -0.1) is 11.3 Å². The number of Topliss-reactive ketones (excluding diaryl/α,β-unsaturated/α-hetero) is 1. The predicted octanol–water partition coefficient (Wildman–Crippen LogP) is 2.92. The van der Waals surface area contributed by atoms with Gasteiger partial charge >= 0.3 is 6.03 Å². The van der Waals surface area contributed by atoms with Crippen LogP contribution in [0.5, 0.6) is 0 Å². The van der Waals surface area contributed by atoms with Crippen LogP contribution in [0.25, 0.3) is 0 Å². The SMILES string of the molecule is CC(C)(C)[C@H](NC(=O)NC1(Cc2nccs2)CCCCC1)C(=O)N1C[C@H]2C([C@H]1C(=O)NC(CC1CC1)C(=O)C(N)=O)C2(C)C. The second-order valence-corrected chi connectivity index (χ2v) is 16.2. The number of nitrogens with zero attached hydrogens (tertiary/aromatic N) is 2. The zero-order chi connectivity index (χ0) is 32.0. The maximum atomic E-state index is 14.3. The Morgan fingerprint density at radius 1 is 1.09 bits per heavy atom. The molecule has 0 aromatic carbocycles. The van der Waals surface area contributed by atoms with Crippen LogP contribution in [-0.4, -0.2) is 69.6 Å². The number of ketones is 1. The van der Waals surface area contributed by atoms with Gasteiger partial charge in [0.15, 0.2) is 0 Å². The van der Waals surface area contributed by atoms with Crippen molar-refractivity contribution in [3.8, 4) is 0 Å². The van der Waals surface area contributed by atoms with Gasteiger partial charge in [0, 0.05) is 30.1 Å². The Morgan fingerprint density at radius 3 is 2.34 bits per heavy atom. The highest BCUT2D eigenvalue weighted by atomic mass is 32.1. The molecule has 11 nitrogen and oxygen atoms in total. The first kappa shape index (κ1) is 32.4. The molecule has 44 heavy (non-hydrogen) atoms. The highest BCUT2D eigenvalue weighted by molar-refractivity contribution is 7.09. The molecule has 12 heteroatoms. The fraction of sp³-hybridized carbons (Fsp3) is 0.750. The molecule has 1 aromatic rings. The number of nitrogens with one attached hydrogen (secondary N) is 3. The van der Waals surface area contributed by atoms with E-state index in [2.05, 4.69) is 34.8 Å². The second-order valence-electron chi connectivity index (χ2n) is 15.2. The van der Waals surface area contributed by atoms with E-state index in [4.69, 9.17) is 5.73 Å². The van der Waals surface area contributed by atoms with E-state index < -0.39 is 52.7 Å². The fourth-order valence-corrected chi connectivity index (χ4v) is 8.35. The molecule has 1 saturated heterocycles. The molecule has 5 amide bonds. The van der Waals surface area contributed by atoms with Crippen LogP contribution in [0.3, 0.4) is 0 Å². The van der Waals surface area contributed by atoms with Crippen LogP contribution in [0.2, 0.25) is 0 Å². The smallest absolute Gasteiger partial charge is 0.315 e. The molecule has 0 bridgehead atoms. The Labute approximate surface area is 263 Å². The third-order valence-electron chi connectivity index (χ3n) is 10.5. The molecule has 1 aromatic heterocycles. The number of fused-ring (bicyclic) bond motifs is 1. The van der Waals surface area contributed by atoms with E-state index >= 15 is 0 Å². The fourth-order valence-electron chi connectivity index (χ4n) is 7.59. The summed E-state index contributed by atoms with van der Waals surface area (Å²) in [4.78, 5) is 72.2. The highest BCUT2D eigenvalue weighted by Gasteiger charge is 2.70. The molecular formula is C32H48N6O5S. The van der Waals surface area contributed by atoms with Crippen molar-refractivity contribution >= 4 is 40.9 Å². The van der Waals surface area contributed by atoms with E-state index in [-0.39, 0.29) is 29.1 Å². The number of likely N-dealkylation sites (tertiary alicyclic amines) is 1. The van der Waals surface area contributed by atoms with Crippen molar-refractivity contribution in [3.05, 3.63) is 16.6 Å². The number of urea groups is 1. The summed E-state index contributed by atoms with van der Waals surface area (Å²) in [7, 11) is 0. The van der Waals surface area contributed by atoms with Crippen LogP contribution in [0.15, 0.2) is 11.6 Å². The van der Waals surface area contributed by atoms with Gasteiger partial charge in [0.25, 0.3) is 5.91 Å². The monoisotopic (exact) mass is 628 g/mol. The summed E-state index contributed by atoms with van der Waals surface area (Å²) >= 11 is 1.57. The van der Waals surface area contributed by atoms with Gasteiger partial charge in [-0.25, -0.2) is 9.78 Å². The quantitative estimate of drug-likeness (QED) is 0.275. The van der Waals surface area contributed by atoms with E-state index in [1.165, 1.54) is 0 Å². The van der Waals surface area contributed by atoms with Crippen molar-refractivity contribution < 1.29 is 24.0 Å². The normalized spacial score (nSPS) is 26.6. The highest BCUT2D eigenvalue weighted by Crippen LogP contribution is 2.65. The number of aromatic nitrogens is 1. The van der Waals surface area contributed by atoms with Crippen molar-refractivity contribution in [1.82, 2.24) is 25.8 Å². The van der Waals surface area contributed by atoms with E-state index in [1.54, 1.807) is 22.4 Å². The van der Waals surface area contributed by atoms with Crippen LogP contribution in [0, 0.1) is 28.6 Å². The summed E-state index contributed by atoms with van der Waals surface area (Å²) in [5.74, 6) is -2.36. The molecule has 5 rings (SSSR count). The van der Waals surface area contributed by atoms with Crippen LogP contribution in [0.4, 0.5) is 4.79 Å². The number of hydrogen-bond acceptors (Lipinski definition) is 7. The molecule has 4 aliphatic rings. The van der Waals surface area contributed by atoms with E-state index in [0.29, 0.717) is 19.4 Å². The molecule has 2 unspecified atom stereocenters. The lowest BCUT2D eigenvalue weighted by Gasteiger charge is -2.40. The Balaban J connectivity index is 1.33. The van der Waals surface area contributed by atoms with Crippen molar-refractivity contribution in [3.63, 3.8) is 0 Å². The molecule has 0 spiro atoms. The lowest BCUT2D eigenvalue weighted by Crippen LogP contribution is -2.63. The van der Waals surface area contributed by atoms with Gasteiger partial charge in [-0.05, 0) is 47.8 Å². The minimum atomic E-state index is -1.08. The molecule has 0 radical (unpaired) electrons. The first-order valence-electron chi connectivity index (χ1n) is 16.0.